The standard InChI is InChI=1S/C73H50N2/c1-5-19-51(20-6-1)55-21-17-22-56(47-55)54-39-42-62(43-40-54)74(61-28-11-4-12-29-61)63-30-18-23-57(48-63)52-35-37-53(38-36-52)58-41-45-68-67-32-14-16-34-71(67)75(72(68)49-58)64-44-46-66-65-31-13-15-33-69(65)73(70(66)50-64,59-24-7-2-8-25-59)60-26-9-3-10-27-60/h1-50H. The van der Waals surface area contributed by atoms with E-state index in [0.29, 0.717) is 0 Å². The Morgan fingerprint density at radius 2 is 0.707 bits per heavy atom. The number of para-hydroxylation sites is 2. The van der Waals surface area contributed by atoms with Gasteiger partial charge in [0.25, 0.3) is 0 Å². The second-order valence-electron chi connectivity index (χ2n) is 19.6. The van der Waals surface area contributed by atoms with Gasteiger partial charge in [0.05, 0.1) is 16.4 Å². The van der Waals surface area contributed by atoms with Gasteiger partial charge in [0, 0.05) is 33.5 Å². The van der Waals surface area contributed by atoms with Crippen molar-refractivity contribution in [3.63, 3.8) is 0 Å². The molecule has 0 fully saturated rings. The smallest absolute Gasteiger partial charge is 0.0714 e. The predicted octanol–water partition coefficient (Wildman–Crippen LogP) is 19.3. The number of fused-ring (bicyclic) bond motifs is 6. The van der Waals surface area contributed by atoms with E-state index in [1.165, 1.54) is 88.6 Å². The van der Waals surface area contributed by atoms with Crippen molar-refractivity contribution < 1.29 is 0 Å². The fourth-order valence-electron chi connectivity index (χ4n) is 12.0. The molecule has 14 rings (SSSR count). The van der Waals surface area contributed by atoms with E-state index in [4.69, 9.17) is 0 Å². The van der Waals surface area contributed by atoms with Gasteiger partial charge in [-0.3, -0.25) is 0 Å². The summed E-state index contributed by atoms with van der Waals surface area (Å²) in [5.74, 6) is 0. The lowest BCUT2D eigenvalue weighted by atomic mass is 9.67. The van der Waals surface area contributed by atoms with Crippen molar-refractivity contribution in [2.24, 2.45) is 0 Å². The number of anilines is 3. The second-order valence-corrected chi connectivity index (χ2v) is 19.6. The third-order valence-corrected chi connectivity index (χ3v) is 15.5. The maximum absolute atomic E-state index is 2.48. The van der Waals surface area contributed by atoms with Crippen molar-refractivity contribution in [3.8, 4) is 61.3 Å². The average Bonchev–Trinajstić information content (AvgIpc) is 4.04. The van der Waals surface area contributed by atoms with Gasteiger partial charge in [0.2, 0.25) is 0 Å². The Morgan fingerprint density at radius 1 is 0.253 bits per heavy atom. The third-order valence-electron chi connectivity index (χ3n) is 15.5. The summed E-state index contributed by atoms with van der Waals surface area (Å²) in [6.45, 7) is 0. The molecule has 0 saturated heterocycles. The summed E-state index contributed by atoms with van der Waals surface area (Å²) in [4.78, 5) is 2.35. The van der Waals surface area contributed by atoms with Crippen LogP contribution < -0.4 is 4.90 Å². The van der Waals surface area contributed by atoms with Crippen LogP contribution in [-0.2, 0) is 5.41 Å². The van der Waals surface area contributed by atoms with Crippen molar-refractivity contribution in [1.29, 1.82) is 0 Å². The first-order chi connectivity index (χ1) is 37.2. The minimum atomic E-state index is -0.488. The van der Waals surface area contributed by atoms with E-state index in [2.05, 4.69) is 313 Å². The molecule has 0 bridgehead atoms. The Morgan fingerprint density at radius 3 is 1.39 bits per heavy atom. The number of hydrogen-bond acceptors (Lipinski definition) is 1. The van der Waals surface area contributed by atoms with E-state index in [1.54, 1.807) is 0 Å². The Bertz CT molecular complexity index is 4160. The summed E-state index contributed by atoms with van der Waals surface area (Å²) >= 11 is 0. The molecule has 0 N–H and O–H groups in total. The summed E-state index contributed by atoms with van der Waals surface area (Å²) in [5, 5.41) is 2.48. The van der Waals surface area contributed by atoms with Crippen LogP contribution >= 0.6 is 0 Å². The molecule has 0 radical (unpaired) electrons. The van der Waals surface area contributed by atoms with Gasteiger partial charge in [-0.05, 0) is 145 Å². The third kappa shape index (κ3) is 7.49. The van der Waals surface area contributed by atoms with Gasteiger partial charge in [-0.2, -0.15) is 0 Å². The quantitative estimate of drug-likeness (QED) is 0.133. The van der Waals surface area contributed by atoms with Crippen molar-refractivity contribution in [3.05, 3.63) is 326 Å². The van der Waals surface area contributed by atoms with Gasteiger partial charge in [0.15, 0.2) is 0 Å². The average molecular weight is 955 g/mol. The van der Waals surface area contributed by atoms with Crippen LogP contribution in [0.15, 0.2) is 303 Å². The molecule has 1 aromatic heterocycles. The summed E-state index contributed by atoms with van der Waals surface area (Å²) in [6.07, 6.45) is 0. The monoisotopic (exact) mass is 954 g/mol. The maximum atomic E-state index is 2.48. The summed E-state index contributed by atoms with van der Waals surface area (Å²) in [7, 11) is 0. The zero-order valence-electron chi connectivity index (χ0n) is 41.3. The largest absolute Gasteiger partial charge is 0.310 e. The molecule has 352 valence electrons. The van der Waals surface area contributed by atoms with E-state index in [-0.39, 0.29) is 0 Å². The summed E-state index contributed by atoms with van der Waals surface area (Å²) in [6, 6.07) is 111. The number of hydrogen-bond donors (Lipinski definition) is 0. The minimum Gasteiger partial charge on any atom is -0.310 e. The van der Waals surface area contributed by atoms with Crippen LogP contribution in [0.4, 0.5) is 17.1 Å². The fourth-order valence-corrected chi connectivity index (χ4v) is 12.0. The number of benzene rings is 12. The number of nitrogens with zero attached hydrogens (tertiary/aromatic N) is 2. The molecule has 0 aliphatic heterocycles. The first-order valence-electron chi connectivity index (χ1n) is 25.9. The van der Waals surface area contributed by atoms with Gasteiger partial charge < -0.3 is 9.47 Å². The van der Waals surface area contributed by atoms with Crippen LogP contribution in [0, 0.1) is 0 Å². The van der Waals surface area contributed by atoms with Crippen LogP contribution in [0.2, 0.25) is 0 Å². The van der Waals surface area contributed by atoms with Gasteiger partial charge in [0.1, 0.15) is 0 Å². The van der Waals surface area contributed by atoms with Crippen molar-refractivity contribution in [2.75, 3.05) is 4.90 Å². The van der Waals surface area contributed by atoms with Crippen molar-refractivity contribution >= 4 is 38.9 Å². The lowest BCUT2D eigenvalue weighted by Crippen LogP contribution is -2.28. The number of aromatic nitrogens is 1. The Balaban J connectivity index is 0.820. The molecule has 2 nitrogen and oxygen atoms in total. The molecule has 0 atom stereocenters. The molecule has 1 aliphatic carbocycles. The van der Waals surface area contributed by atoms with Gasteiger partial charge in [-0.1, -0.05) is 237 Å². The molecule has 0 spiro atoms. The van der Waals surface area contributed by atoms with E-state index < -0.39 is 5.41 Å². The topological polar surface area (TPSA) is 8.17 Å². The molecule has 0 amide bonds. The second kappa shape index (κ2) is 18.4. The van der Waals surface area contributed by atoms with Crippen LogP contribution in [0.25, 0.3) is 83.1 Å². The predicted molar refractivity (Wildman–Crippen MR) is 315 cm³/mol. The Hall–Kier alpha value is -9.76. The zero-order chi connectivity index (χ0) is 49.7. The normalized spacial score (nSPS) is 12.4. The first kappa shape index (κ1) is 44.0. The van der Waals surface area contributed by atoms with E-state index >= 15 is 0 Å². The maximum Gasteiger partial charge on any atom is 0.0714 e. The molecular weight excluding hydrogens is 905 g/mol. The lowest BCUT2D eigenvalue weighted by Gasteiger charge is -2.34. The fraction of sp³-hybridized carbons (Fsp3) is 0.0137. The molecule has 13 aromatic rings. The van der Waals surface area contributed by atoms with Crippen molar-refractivity contribution in [1.82, 2.24) is 4.57 Å². The highest BCUT2D eigenvalue weighted by Gasteiger charge is 2.46. The molecule has 0 saturated carbocycles. The van der Waals surface area contributed by atoms with E-state index in [0.717, 1.165) is 33.9 Å². The van der Waals surface area contributed by atoms with Gasteiger partial charge >= 0.3 is 0 Å². The highest BCUT2D eigenvalue weighted by atomic mass is 15.1. The lowest BCUT2D eigenvalue weighted by molar-refractivity contribution is 0.767. The molecular formula is C73H50N2. The Labute approximate surface area is 438 Å². The van der Waals surface area contributed by atoms with Crippen LogP contribution in [-0.4, -0.2) is 4.57 Å². The molecule has 12 aromatic carbocycles. The van der Waals surface area contributed by atoms with E-state index in [9.17, 15) is 0 Å². The molecule has 1 heterocycles. The first-order valence-corrected chi connectivity index (χ1v) is 25.9. The van der Waals surface area contributed by atoms with Crippen LogP contribution in [0.5, 0.6) is 0 Å². The summed E-state index contributed by atoms with van der Waals surface area (Å²) in [5.41, 5.74) is 23.5. The molecule has 1 aliphatic rings. The molecule has 75 heavy (non-hydrogen) atoms. The zero-order valence-corrected chi connectivity index (χ0v) is 41.3. The van der Waals surface area contributed by atoms with Crippen LogP contribution in [0.1, 0.15) is 22.3 Å². The van der Waals surface area contributed by atoms with E-state index in [1.807, 2.05) is 0 Å². The van der Waals surface area contributed by atoms with Crippen molar-refractivity contribution in [2.45, 2.75) is 5.41 Å². The summed E-state index contributed by atoms with van der Waals surface area (Å²) < 4.78 is 2.48. The highest BCUT2D eigenvalue weighted by molar-refractivity contribution is 6.10. The Kier molecular flexibility index (Phi) is 10.8. The number of rotatable bonds is 10. The van der Waals surface area contributed by atoms with Gasteiger partial charge in [-0.15, -0.1) is 0 Å². The molecule has 0 unspecified atom stereocenters. The van der Waals surface area contributed by atoms with Crippen LogP contribution in [0.3, 0.4) is 0 Å². The highest BCUT2D eigenvalue weighted by Crippen LogP contribution is 2.56. The van der Waals surface area contributed by atoms with Gasteiger partial charge in [-0.25, -0.2) is 0 Å². The minimum absolute atomic E-state index is 0.488. The SMILES string of the molecule is c1ccc(-c2cccc(-c3ccc(N(c4ccccc4)c4cccc(-c5ccc(-c6ccc7c8ccccc8n(-c8ccc9c(c8)C(c8ccccc8)(c8ccccc8)c8ccccc8-9)c7c6)cc5)c4)cc3)c2)cc1. The molecule has 2 heteroatoms.